The lowest BCUT2D eigenvalue weighted by atomic mass is 9.90. The molecule has 0 spiro atoms. The molecule has 1 heteroatoms. The first-order valence-electron chi connectivity index (χ1n) is 6.22. The quantitative estimate of drug-likeness (QED) is 0.693. The van der Waals surface area contributed by atoms with Gasteiger partial charge in [0.25, 0.3) is 0 Å². The summed E-state index contributed by atoms with van der Waals surface area (Å²) in [4.78, 5) is 4.92. The summed E-state index contributed by atoms with van der Waals surface area (Å²) in [6, 6.07) is 10.9. The summed E-state index contributed by atoms with van der Waals surface area (Å²) >= 11 is 0. The third-order valence-corrected chi connectivity index (χ3v) is 3.63. The van der Waals surface area contributed by atoms with Crippen molar-refractivity contribution in [3.8, 4) is 0 Å². The van der Waals surface area contributed by atoms with E-state index >= 15 is 0 Å². The van der Waals surface area contributed by atoms with Crippen LogP contribution < -0.4 is 0 Å². The topological polar surface area (TPSA) is 12.4 Å². The van der Waals surface area contributed by atoms with Crippen molar-refractivity contribution in [1.29, 1.82) is 0 Å². The second-order valence-corrected chi connectivity index (χ2v) is 5.40. The molecular formula is C15H21N. The Morgan fingerprint density at radius 1 is 1.19 bits per heavy atom. The molecule has 16 heavy (non-hydrogen) atoms. The van der Waals surface area contributed by atoms with Gasteiger partial charge < -0.3 is 0 Å². The largest absolute Gasteiger partial charge is 0.286 e. The second kappa shape index (κ2) is 4.40. The molecule has 1 atom stereocenters. The lowest BCUT2D eigenvalue weighted by Gasteiger charge is -2.20. The zero-order valence-corrected chi connectivity index (χ0v) is 10.5. The third kappa shape index (κ3) is 2.34. The van der Waals surface area contributed by atoms with Crippen LogP contribution in [-0.2, 0) is 0 Å². The number of nitrogens with zero attached hydrogens (tertiary/aromatic N) is 1. The maximum Gasteiger partial charge on any atom is 0.0720 e. The average Bonchev–Trinajstić information content (AvgIpc) is 2.59. The number of aliphatic imine (C=N–C) groups is 1. The van der Waals surface area contributed by atoms with Gasteiger partial charge >= 0.3 is 0 Å². The lowest BCUT2D eigenvalue weighted by Crippen LogP contribution is -2.17. The van der Waals surface area contributed by atoms with Gasteiger partial charge in [0, 0.05) is 11.1 Å². The highest BCUT2D eigenvalue weighted by Gasteiger charge is 2.30. The molecular weight excluding hydrogens is 194 g/mol. The zero-order valence-electron chi connectivity index (χ0n) is 10.5. The van der Waals surface area contributed by atoms with Crippen molar-refractivity contribution in [3.05, 3.63) is 35.9 Å². The van der Waals surface area contributed by atoms with E-state index in [1.54, 1.807) is 0 Å². The first-order chi connectivity index (χ1) is 7.59. The summed E-state index contributed by atoms with van der Waals surface area (Å²) < 4.78 is 0. The van der Waals surface area contributed by atoms with Crippen LogP contribution in [0.2, 0.25) is 0 Å². The summed E-state index contributed by atoms with van der Waals surface area (Å²) in [5.41, 5.74) is 3.05. The van der Waals surface area contributed by atoms with Crippen LogP contribution >= 0.6 is 0 Å². The predicted molar refractivity (Wildman–Crippen MR) is 69.9 cm³/mol. The van der Waals surface area contributed by atoms with Gasteiger partial charge in [0.2, 0.25) is 0 Å². The minimum atomic E-state index is 0.300. The number of hydrogen-bond acceptors (Lipinski definition) is 1. The molecule has 0 radical (unpaired) electrons. The fourth-order valence-corrected chi connectivity index (χ4v) is 2.46. The van der Waals surface area contributed by atoms with Crippen LogP contribution in [-0.4, -0.2) is 5.71 Å². The van der Waals surface area contributed by atoms with Crippen molar-refractivity contribution in [2.24, 2.45) is 10.4 Å². The van der Waals surface area contributed by atoms with Crippen molar-refractivity contribution < 1.29 is 0 Å². The van der Waals surface area contributed by atoms with E-state index in [1.807, 2.05) is 0 Å². The molecule has 0 saturated heterocycles. The molecule has 2 rings (SSSR count). The Bertz CT molecular complexity index is 376. The van der Waals surface area contributed by atoms with Gasteiger partial charge in [0.15, 0.2) is 0 Å². The van der Waals surface area contributed by atoms with Crippen molar-refractivity contribution >= 4 is 5.71 Å². The Labute approximate surface area is 98.6 Å². The predicted octanol–water partition coefficient (Wildman–Crippen LogP) is 4.40. The third-order valence-electron chi connectivity index (χ3n) is 3.63. The first kappa shape index (κ1) is 11.4. The fraction of sp³-hybridized carbons (Fsp3) is 0.533. The summed E-state index contributed by atoms with van der Waals surface area (Å²) in [6.45, 7) is 6.82. The van der Waals surface area contributed by atoms with Crippen molar-refractivity contribution in [1.82, 2.24) is 0 Å². The van der Waals surface area contributed by atoms with Crippen LogP contribution in [0.4, 0.5) is 0 Å². The minimum absolute atomic E-state index is 0.300. The molecule has 1 fully saturated rings. The van der Waals surface area contributed by atoms with E-state index < -0.39 is 0 Å². The van der Waals surface area contributed by atoms with Crippen molar-refractivity contribution in [3.63, 3.8) is 0 Å². The molecule has 86 valence electrons. The van der Waals surface area contributed by atoms with Crippen LogP contribution in [0, 0.1) is 5.41 Å². The SMILES string of the molecule is C[C@@H](/N=C1\CCCC1(C)C)c1ccccc1. The van der Waals surface area contributed by atoms with E-state index in [2.05, 4.69) is 51.1 Å². The molecule has 1 nitrogen and oxygen atoms in total. The molecule has 1 aromatic rings. The van der Waals surface area contributed by atoms with Gasteiger partial charge in [-0.15, -0.1) is 0 Å². The fourth-order valence-electron chi connectivity index (χ4n) is 2.46. The molecule has 1 aromatic carbocycles. The minimum Gasteiger partial charge on any atom is -0.286 e. The van der Waals surface area contributed by atoms with E-state index in [0.29, 0.717) is 11.5 Å². The molecule has 0 N–H and O–H groups in total. The summed E-state index contributed by atoms with van der Waals surface area (Å²) in [5, 5.41) is 0. The molecule has 0 unspecified atom stereocenters. The maximum absolute atomic E-state index is 4.92. The van der Waals surface area contributed by atoms with Crippen molar-refractivity contribution in [2.75, 3.05) is 0 Å². The Hall–Kier alpha value is -1.11. The molecule has 0 amide bonds. The van der Waals surface area contributed by atoms with Gasteiger partial charge in [0.1, 0.15) is 0 Å². The Kier molecular flexibility index (Phi) is 3.13. The molecule has 1 saturated carbocycles. The van der Waals surface area contributed by atoms with Crippen LogP contribution in [0.15, 0.2) is 35.3 Å². The van der Waals surface area contributed by atoms with Crippen LogP contribution in [0.3, 0.4) is 0 Å². The Morgan fingerprint density at radius 3 is 2.44 bits per heavy atom. The van der Waals surface area contributed by atoms with Gasteiger partial charge in [0.05, 0.1) is 6.04 Å². The summed E-state index contributed by atoms with van der Waals surface area (Å²) in [6.07, 6.45) is 3.77. The monoisotopic (exact) mass is 215 g/mol. The van der Waals surface area contributed by atoms with E-state index in [9.17, 15) is 0 Å². The maximum atomic E-state index is 4.92. The van der Waals surface area contributed by atoms with E-state index in [1.165, 1.54) is 30.5 Å². The van der Waals surface area contributed by atoms with Crippen LogP contribution in [0.1, 0.15) is 51.6 Å². The molecule has 0 bridgehead atoms. The van der Waals surface area contributed by atoms with Gasteiger partial charge in [-0.2, -0.15) is 0 Å². The molecule has 0 aliphatic heterocycles. The highest BCUT2D eigenvalue weighted by molar-refractivity contribution is 5.91. The van der Waals surface area contributed by atoms with E-state index in [0.717, 1.165) is 0 Å². The van der Waals surface area contributed by atoms with Crippen LogP contribution in [0.5, 0.6) is 0 Å². The lowest BCUT2D eigenvalue weighted by molar-refractivity contribution is 0.508. The molecule has 1 aliphatic carbocycles. The highest BCUT2D eigenvalue weighted by atomic mass is 14.8. The van der Waals surface area contributed by atoms with E-state index in [4.69, 9.17) is 4.99 Å². The van der Waals surface area contributed by atoms with E-state index in [-0.39, 0.29) is 0 Å². The Balaban J connectivity index is 2.18. The van der Waals surface area contributed by atoms with Gasteiger partial charge in [-0.25, -0.2) is 0 Å². The number of rotatable bonds is 2. The smallest absolute Gasteiger partial charge is 0.0720 e. The standard InChI is InChI=1S/C15H21N/c1-12(13-8-5-4-6-9-13)16-14-10-7-11-15(14,2)3/h4-6,8-9,12H,7,10-11H2,1-3H3/b16-14+/t12-/m1/s1. The average molecular weight is 215 g/mol. The second-order valence-electron chi connectivity index (χ2n) is 5.40. The van der Waals surface area contributed by atoms with Crippen molar-refractivity contribution in [2.45, 2.75) is 46.1 Å². The normalized spacial score (nSPS) is 23.6. The molecule has 0 heterocycles. The zero-order chi connectivity index (χ0) is 11.6. The van der Waals surface area contributed by atoms with Gasteiger partial charge in [-0.3, -0.25) is 4.99 Å². The van der Waals surface area contributed by atoms with Gasteiger partial charge in [-0.1, -0.05) is 44.2 Å². The number of hydrogen-bond donors (Lipinski definition) is 0. The summed E-state index contributed by atoms with van der Waals surface area (Å²) in [5.74, 6) is 0. The van der Waals surface area contributed by atoms with Gasteiger partial charge in [-0.05, 0) is 31.7 Å². The Morgan fingerprint density at radius 2 is 1.88 bits per heavy atom. The highest BCUT2D eigenvalue weighted by Crippen LogP contribution is 2.36. The molecule has 1 aliphatic rings. The molecule has 0 aromatic heterocycles. The first-order valence-corrected chi connectivity index (χ1v) is 6.22. The summed E-state index contributed by atoms with van der Waals surface area (Å²) in [7, 11) is 0. The number of benzene rings is 1. The van der Waals surface area contributed by atoms with Crippen LogP contribution in [0.25, 0.3) is 0 Å².